The number of pyridine rings is 1. The lowest BCUT2D eigenvalue weighted by Gasteiger charge is -2.46. The van der Waals surface area contributed by atoms with Gasteiger partial charge in [-0.1, -0.05) is 0 Å². The van der Waals surface area contributed by atoms with E-state index in [9.17, 15) is 17.6 Å². The van der Waals surface area contributed by atoms with Crippen molar-refractivity contribution in [2.45, 2.75) is 29.7 Å². The summed E-state index contributed by atoms with van der Waals surface area (Å²) in [5, 5.41) is 11.4. The second kappa shape index (κ2) is 7.11. The number of amidine groups is 1. The molecule has 1 atom stereocenters. The Morgan fingerprint density at radius 3 is 2.55 bits per heavy atom. The number of hydrogen-bond acceptors (Lipinski definition) is 8. The summed E-state index contributed by atoms with van der Waals surface area (Å²) in [5.41, 5.74) is 10.6. The Hall–Kier alpha value is -3.36. The highest BCUT2D eigenvalue weighted by Gasteiger charge is 2.58. The van der Waals surface area contributed by atoms with Gasteiger partial charge in [-0.05, 0) is 49.6 Å². The highest BCUT2D eigenvalue weighted by atomic mass is 32.2. The van der Waals surface area contributed by atoms with Gasteiger partial charge in [-0.3, -0.25) is 4.79 Å². The zero-order chi connectivity index (χ0) is 22.4. The van der Waals surface area contributed by atoms with Crippen LogP contribution in [0.4, 0.5) is 10.1 Å². The van der Waals surface area contributed by atoms with Gasteiger partial charge in [0.1, 0.15) is 28.2 Å². The number of halogens is 1. The molecule has 2 aromatic rings. The van der Waals surface area contributed by atoms with Crippen molar-refractivity contribution in [3.8, 4) is 6.07 Å². The van der Waals surface area contributed by atoms with Crippen LogP contribution in [0.5, 0.6) is 0 Å². The molecular weight excluding hydrogens is 423 g/mol. The largest absolute Gasteiger partial charge is 0.386 e. The number of benzene rings is 1. The normalized spacial score (nSPS) is 23.3. The third kappa shape index (κ3) is 3.34. The summed E-state index contributed by atoms with van der Waals surface area (Å²) < 4.78 is 39.3. The SMILES string of the molecule is N#Cc1ccc(C(=O)Nc2ccc(F)c([C@]3(N)CS(=O)(=O)C4(CCC4)C(N)=N3)c2)nc1. The van der Waals surface area contributed by atoms with E-state index in [0.29, 0.717) is 24.8 Å². The van der Waals surface area contributed by atoms with Gasteiger partial charge in [-0.15, -0.1) is 0 Å². The van der Waals surface area contributed by atoms with E-state index in [4.69, 9.17) is 16.7 Å². The lowest BCUT2D eigenvalue weighted by atomic mass is 9.82. The van der Waals surface area contributed by atoms with Crippen LogP contribution in [-0.4, -0.2) is 35.6 Å². The molecule has 0 unspecified atom stereocenters. The van der Waals surface area contributed by atoms with Crippen molar-refractivity contribution in [3.63, 3.8) is 0 Å². The van der Waals surface area contributed by atoms with Crippen molar-refractivity contribution in [1.29, 1.82) is 5.26 Å². The first-order valence-electron chi connectivity index (χ1n) is 9.45. The maximum absolute atomic E-state index is 14.7. The van der Waals surface area contributed by atoms with E-state index in [-0.39, 0.29) is 22.8 Å². The van der Waals surface area contributed by atoms with Gasteiger partial charge in [0.05, 0.1) is 11.3 Å². The fraction of sp³-hybridized carbons (Fsp3) is 0.300. The van der Waals surface area contributed by atoms with Crippen molar-refractivity contribution in [3.05, 3.63) is 59.2 Å². The molecule has 1 aromatic heterocycles. The molecule has 1 saturated carbocycles. The summed E-state index contributed by atoms with van der Waals surface area (Å²) in [7, 11) is -3.76. The second-order valence-corrected chi connectivity index (χ2v) is 10.0. The molecule has 4 rings (SSSR count). The lowest BCUT2D eigenvalue weighted by molar-refractivity contribution is 0.102. The average molecular weight is 442 g/mol. The van der Waals surface area contributed by atoms with Crippen molar-refractivity contribution in [2.24, 2.45) is 16.5 Å². The molecule has 9 nitrogen and oxygen atoms in total. The van der Waals surface area contributed by atoms with E-state index in [2.05, 4.69) is 15.3 Å². The highest BCUT2D eigenvalue weighted by Crippen LogP contribution is 2.45. The molecular formula is C20H19FN6O3S. The number of rotatable bonds is 3. The number of nitrogens with two attached hydrogens (primary N) is 2. The first kappa shape index (κ1) is 20.9. The molecule has 1 aromatic carbocycles. The summed E-state index contributed by atoms with van der Waals surface area (Å²) in [5.74, 6) is -2.07. The van der Waals surface area contributed by atoms with Crippen LogP contribution in [0, 0.1) is 17.1 Å². The van der Waals surface area contributed by atoms with Gasteiger partial charge >= 0.3 is 0 Å². The van der Waals surface area contributed by atoms with Crippen LogP contribution < -0.4 is 16.8 Å². The molecule has 11 heteroatoms. The molecule has 1 spiro atoms. The topological polar surface area (TPSA) is 164 Å². The summed E-state index contributed by atoms with van der Waals surface area (Å²) in [6.45, 7) is 0. The standard InChI is InChI=1S/C20H19FN6O3S/c21-15-4-3-13(26-17(28)16-5-2-12(9-22)10-25-16)8-14(15)20(24)11-31(29,30)19(6-1-7-19)18(23)27-20/h2-5,8,10H,1,6-7,11,24H2,(H2,23,27)(H,26,28)/t20-/m0/s1. The van der Waals surface area contributed by atoms with Gasteiger partial charge in [0.15, 0.2) is 15.5 Å². The summed E-state index contributed by atoms with van der Waals surface area (Å²) in [4.78, 5) is 20.5. The second-order valence-electron chi connectivity index (χ2n) is 7.72. The number of aliphatic imine (C=N–C) groups is 1. The minimum Gasteiger partial charge on any atom is -0.386 e. The van der Waals surface area contributed by atoms with Crippen molar-refractivity contribution >= 4 is 27.3 Å². The number of nitriles is 1. The third-order valence-corrected chi connectivity index (χ3v) is 8.40. The number of aromatic nitrogens is 1. The summed E-state index contributed by atoms with van der Waals surface area (Å²) in [6.07, 6.45) is 2.71. The third-order valence-electron chi connectivity index (χ3n) is 5.77. The number of hydrogen-bond donors (Lipinski definition) is 3. The first-order valence-corrected chi connectivity index (χ1v) is 11.1. The summed E-state index contributed by atoms with van der Waals surface area (Å²) in [6, 6.07) is 8.32. The molecule has 2 heterocycles. The molecule has 1 fully saturated rings. The molecule has 5 N–H and O–H groups in total. The van der Waals surface area contributed by atoms with Gasteiger partial charge in [0.25, 0.3) is 5.91 Å². The van der Waals surface area contributed by atoms with Gasteiger partial charge in [0.2, 0.25) is 0 Å². The number of carbonyl (C=O) groups is 1. The van der Waals surface area contributed by atoms with Crippen LogP contribution in [0.25, 0.3) is 0 Å². The van der Waals surface area contributed by atoms with Crippen LogP contribution in [0.1, 0.15) is 40.9 Å². The van der Waals surface area contributed by atoms with Crippen molar-refractivity contribution in [1.82, 2.24) is 4.98 Å². The molecule has 1 amide bonds. The van der Waals surface area contributed by atoms with E-state index in [1.165, 1.54) is 30.5 Å². The predicted molar refractivity (Wildman–Crippen MR) is 111 cm³/mol. The van der Waals surface area contributed by atoms with Crippen LogP contribution in [0.3, 0.4) is 0 Å². The van der Waals surface area contributed by atoms with Crippen molar-refractivity contribution in [2.75, 3.05) is 11.1 Å². The van der Waals surface area contributed by atoms with Gasteiger partial charge in [-0.2, -0.15) is 5.26 Å². The molecule has 1 aliphatic heterocycles. The van der Waals surface area contributed by atoms with Gasteiger partial charge in [-0.25, -0.2) is 22.8 Å². The predicted octanol–water partition coefficient (Wildman–Crippen LogP) is 1.16. The Labute approximate surface area is 177 Å². The molecule has 2 aliphatic rings. The number of amides is 1. The number of anilines is 1. The van der Waals surface area contributed by atoms with Crippen LogP contribution >= 0.6 is 0 Å². The van der Waals surface area contributed by atoms with E-state index in [1.54, 1.807) is 0 Å². The molecule has 1 aliphatic carbocycles. The van der Waals surface area contributed by atoms with Crippen molar-refractivity contribution < 1.29 is 17.6 Å². The zero-order valence-corrected chi connectivity index (χ0v) is 17.1. The number of carbonyl (C=O) groups excluding carboxylic acids is 1. The number of nitrogens with one attached hydrogen (secondary N) is 1. The van der Waals surface area contributed by atoms with Crippen LogP contribution in [0.15, 0.2) is 41.5 Å². The monoisotopic (exact) mass is 442 g/mol. The minimum absolute atomic E-state index is 0.0433. The average Bonchev–Trinajstić information content (AvgIpc) is 2.67. The van der Waals surface area contributed by atoms with Crippen LogP contribution in [-0.2, 0) is 15.5 Å². The molecule has 0 saturated heterocycles. The Morgan fingerprint density at radius 2 is 2.00 bits per heavy atom. The Kier molecular flexibility index (Phi) is 4.79. The number of nitrogens with zero attached hydrogens (tertiary/aromatic N) is 3. The van der Waals surface area contributed by atoms with E-state index in [0.717, 1.165) is 6.07 Å². The van der Waals surface area contributed by atoms with E-state index in [1.807, 2.05) is 6.07 Å². The van der Waals surface area contributed by atoms with Gasteiger partial charge < -0.3 is 16.8 Å². The van der Waals surface area contributed by atoms with Crippen LogP contribution in [0.2, 0.25) is 0 Å². The highest BCUT2D eigenvalue weighted by molar-refractivity contribution is 7.93. The summed E-state index contributed by atoms with van der Waals surface area (Å²) >= 11 is 0. The number of sulfone groups is 1. The first-order chi connectivity index (χ1) is 14.6. The zero-order valence-electron chi connectivity index (χ0n) is 16.3. The maximum atomic E-state index is 14.7. The molecule has 31 heavy (non-hydrogen) atoms. The Bertz CT molecular complexity index is 1250. The quantitative estimate of drug-likeness (QED) is 0.642. The fourth-order valence-corrected chi connectivity index (χ4v) is 6.21. The Morgan fingerprint density at radius 1 is 1.26 bits per heavy atom. The maximum Gasteiger partial charge on any atom is 0.274 e. The fourth-order valence-electron chi connectivity index (χ4n) is 3.86. The van der Waals surface area contributed by atoms with E-state index < -0.39 is 37.7 Å². The lowest BCUT2D eigenvalue weighted by Crippen LogP contribution is -2.64. The van der Waals surface area contributed by atoms with Gasteiger partial charge in [0, 0.05) is 17.4 Å². The Balaban J connectivity index is 1.66. The molecule has 160 valence electrons. The smallest absolute Gasteiger partial charge is 0.274 e. The van der Waals surface area contributed by atoms with E-state index >= 15 is 0 Å². The molecule has 0 radical (unpaired) electrons. The molecule has 0 bridgehead atoms. The minimum atomic E-state index is -3.76.